The Morgan fingerprint density at radius 1 is 1.29 bits per heavy atom. The summed E-state index contributed by atoms with van der Waals surface area (Å²) in [5.41, 5.74) is 1.15. The minimum atomic E-state index is -0.332. The van der Waals surface area contributed by atoms with Gasteiger partial charge in [0.1, 0.15) is 5.75 Å². The van der Waals surface area contributed by atoms with E-state index in [9.17, 15) is 9.90 Å². The number of azo groups is 1. The van der Waals surface area contributed by atoms with Crippen LogP contribution in [-0.4, -0.2) is 60.4 Å². The summed E-state index contributed by atoms with van der Waals surface area (Å²) < 4.78 is 12.4. The molecule has 0 unspecified atom stereocenters. The Bertz CT molecular complexity index is 840. The Hall–Kier alpha value is -2.45. The molecule has 1 aromatic heterocycles. The summed E-state index contributed by atoms with van der Waals surface area (Å²) in [6, 6.07) is 5.52. The Morgan fingerprint density at radius 3 is 2.79 bits per heavy atom. The van der Waals surface area contributed by atoms with Crippen LogP contribution in [0.2, 0.25) is 0 Å². The van der Waals surface area contributed by atoms with E-state index in [2.05, 4.69) is 17.2 Å². The van der Waals surface area contributed by atoms with E-state index in [-0.39, 0.29) is 18.3 Å². The molecule has 0 atom stereocenters. The molecule has 1 saturated heterocycles. The lowest BCUT2D eigenvalue weighted by atomic mass is 10.2. The third-order valence-corrected chi connectivity index (χ3v) is 4.93. The predicted molar refractivity (Wildman–Crippen MR) is 106 cm³/mol. The molecule has 1 aromatic carbocycles. The second kappa shape index (κ2) is 9.66. The molecule has 2 aromatic rings. The maximum atomic E-state index is 12.2. The number of carbonyl (C=O) groups is 1. The summed E-state index contributed by atoms with van der Waals surface area (Å²) >= 11 is 0. The molecule has 1 aliphatic heterocycles. The number of morpholine rings is 1. The topological polar surface area (TPSA) is 88.6 Å². The summed E-state index contributed by atoms with van der Waals surface area (Å²) in [6.45, 7) is 5.68. The first kappa shape index (κ1) is 20.3. The van der Waals surface area contributed by atoms with Crippen molar-refractivity contribution in [3.8, 4) is 11.6 Å². The number of methoxy groups -OCH3 is 1. The first-order valence-electron chi connectivity index (χ1n) is 9.78. The van der Waals surface area contributed by atoms with Crippen LogP contribution in [0.1, 0.15) is 26.2 Å². The maximum absolute atomic E-state index is 12.2. The molecular weight excluding hydrogens is 360 g/mol. The fraction of sp³-hybridized carbons (Fsp3) is 0.550. The highest BCUT2D eigenvalue weighted by molar-refractivity contribution is 5.96. The number of aromatic hydroxyl groups is 1. The quantitative estimate of drug-likeness (QED) is 0.552. The largest absolute Gasteiger partial charge is 0.497 e. The van der Waals surface area contributed by atoms with Crippen LogP contribution in [0.25, 0.3) is 10.9 Å². The second-order valence-corrected chi connectivity index (χ2v) is 6.90. The van der Waals surface area contributed by atoms with Crippen molar-refractivity contribution in [3.05, 3.63) is 18.2 Å². The molecule has 0 saturated carbocycles. The van der Waals surface area contributed by atoms with Gasteiger partial charge in [-0.2, -0.15) is 0 Å². The standard InChI is InChI=1S/C20H28N4O4/c1-3-4-5-8-24-17-13-15(27-2)6-7-16(17)19(20(24)26)22-21-18(25)14-23-9-11-28-12-10-23/h6-7,13,26H,3-5,8-12,14H2,1-2H3. The normalized spacial score (nSPS) is 15.5. The van der Waals surface area contributed by atoms with Crippen LogP contribution in [-0.2, 0) is 16.1 Å². The molecule has 1 N–H and O–H groups in total. The fourth-order valence-corrected chi connectivity index (χ4v) is 3.36. The third-order valence-electron chi connectivity index (χ3n) is 4.93. The minimum absolute atomic E-state index is 0.0299. The van der Waals surface area contributed by atoms with Crippen LogP contribution in [0, 0.1) is 0 Å². The number of fused-ring (bicyclic) bond motifs is 1. The number of carbonyl (C=O) groups excluding carboxylic acids is 1. The van der Waals surface area contributed by atoms with Gasteiger partial charge in [0, 0.05) is 31.1 Å². The number of nitrogens with zero attached hydrogens (tertiary/aromatic N) is 4. The van der Waals surface area contributed by atoms with Crippen LogP contribution in [0.5, 0.6) is 11.6 Å². The van der Waals surface area contributed by atoms with Crippen LogP contribution in [0.15, 0.2) is 28.4 Å². The number of amides is 1. The molecule has 0 spiro atoms. The van der Waals surface area contributed by atoms with E-state index in [1.165, 1.54) is 0 Å². The summed E-state index contributed by atoms with van der Waals surface area (Å²) in [5, 5.41) is 19.4. The number of benzene rings is 1. The first-order chi connectivity index (χ1) is 13.6. The van der Waals surface area contributed by atoms with Crippen LogP contribution >= 0.6 is 0 Å². The van der Waals surface area contributed by atoms with Gasteiger partial charge in [-0.25, -0.2) is 0 Å². The third kappa shape index (κ3) is 4.69. The predicted octanol–water partition coefficient (Wildman–Crippen LogP) is 3.49. The van der Waals surface area contributed by atoms with Crippen molar-refractivity contribution in [1.29, 1.82) is 0 Å². The fourth-order valence-electron chi connectivity index (χ4n) is 3.36. The Balaban J connectivity index is 1.84. The highest BCUT2D eigenvalue weighted by Crippen LogP contribution is 2.40. The van der Waals surface area contributed by atoms with Gasteiger partial charge in [0.25, 0.3) is 5.91 Å². The highest BCUT2D eigenvalue weighted by atomic mass is 16.5. The molecule has 1 amide bonds. The van der Waals surface area contributed by atoms with Crippen molar-refractivity contribution in [1.82, 2.24) is 9.47 Å². The molecule has 8 heteroatoms. The zero-order chi connectivity index (χ0) is 19.9. The molecule has 1 fully saturated rings. The number of hydrogen-bond acceptors (Lipinski definition) is 6. The molecular formula is C20H28N4O4. The molecule has 0 bridgehead atoms. The smallest absolute Gasteiger partial charge is 0.278 e. The summed E-state index contributed by atoms with van der Waals surface area (Å²) in [6.07, 6.45) is 3.10. The summed E-state index contributed by atoms with van der Waals surface area (Å²) in [7, 11) is 1.61. The van der Waals surface area contributed by atoms with Gasteiger partial charge >= 0.3 is 0 Å². The molecule has 28 heavy (non-hydrogen) atoms. The van der Waals surface area contributed by atoms with Gasteiger partial charge in [0.05, 0.1) is 32.4 Å². The summed E-state index contributed by atoms with van der Waals surface area (Å²) in [5.74, 6) is 0.401. The van der Waals surface area contributed by atoms with Gasteiger partial charge in [-0.15, -0.1) is 10.2 Å². The van der Waals surface area contributed by atoms with Crippen molar-refractivity contribution in [2.24, 2.45) is 10.2 Å². The van der Waals surface area contributed by atoms with Gasteiger partial charge in [-0.05, 0) is 18.6 Å². The van der Waals surface area contributed by atoms with Crippen LogP contribution in [0.4, 0.5) is 5.69 Å². The lowest BCUT2D eigenvalue weighted by Gasteiger charge is -2.24. The van der Waals surface area contributed by atoms with E-state index in [0.717, 1.165) is 30.2 Å². The molecule has 0 aliphatic carbocycles. The molecule has 8 nitrogen and oxygen atoms in total. The Labute approximate surface area is 164 Å². The lowest BCUT2D eigenvalue weighted by Crippen LogP contribution is -2.39. The highest BCUT2D eigenvalue weighted by Gasteiger charge is 2.18. The Morgan fingerprint density at radius 2 is 2.07 bits per heavy atom. The van der Waals surface area contributed by atoms with E-state index in [0.29, 0.717) is 44.3 Å². The SMILES string of the molecule is CCCCCn1c(O)c(N=NC(=O)CN2CCOCC2)c2ccc(OC)cc21. The monoisotopic (exact) mass is 388 g/mol. The van der Waals surface area contributed by atoms with Crippen molar-refractivity contribution in [3.63, 3.8) is 0 Å². The number of rotatable bonds is 8. The van der Waals surface area contributed by atoms with Gasteiger partial charge in [-0.1, -0.05) is 19.8 Å². The van der Waals surface area contributed by atoms with Crippen molar-refractivity contribution >= 4 is 22.5 Å². The van der Waals surface area contributed by atoms with Crippen molar-refractivity contribution in [2.75, 3.05) is 40.0 Å². The van der Waals surface area contributed by atoms with E-state index < -0.39 is 0 Å². The van der Waals surface area contributed by atoms with Crippen molar-refractivity contribution < 1.29 is 19.4 Å². The first-order valence-corrected chi connectivity index (χ1v) is 9.78. The molecule has 0 radical (unpaired) electrons. The van der Waals surface area contributed by atoms with E-state index in [1.807, 2.05) is 27.7 Å². The zero-order valence-corrected chi connectivity index (χ0v) is 16.6. The second-order valence-electron chi connectivity index (χ2n) is 6.90. The number of hydrogen-bond donors (Lipinski definition) is 1. The molecule has 1 aliphatic rings. The number of ether oxygens (including phenoxy) is 2. The molecule has 152 valence electrons. The van der Waals surface area contributed by atoms with E-state index in [1.54, 1.807) is 7.11 Å². The average Bonchev–Trinajstić information content (AvgIpc) is 2.97. The van der Waals surface area contributed by atoms with Gasteiger partial charge in [0.15, 0.2) is 5.69 Å². The molecule has 3 rings (SSSR count). The van der Waals surface area contributed by atoms with Crippen LogP contribution < -0.4 is 4.74 Å². The number of aromatic nitrogens is 1. The Kier molecular flexibility index (Phi) is 7.00. The molecule has 2 heterocycles. The van der Waals surface area contributed by atoms with Crippen molar-refractivity contribution in [2.45, 2.75) is 32.7 Å². The van der Waals surface area contributed by atoms with Gasteiger partial charge in [0.2, 0.25) is 5.88 Å². The van der Waals surface area contributed by atoms with E-state index >= 15 is 0 Å². The number of unbranched alkanes of at least 4 members (excludes halogenated alkanes) is 2. The maximum Gasteiger partial charge on any atom is 0.278 e. The lowest BCUT2D eigenvalue weighted by molar-refractivity contribution is -0.120. The summed E-state index contributed by atoms with van der Waals surface area (Å²) in [4.78, 5) is 14.2. The number of aryl methyl sites for hydroxylation is 1. The average molecular weight is 388 g/mol. The zero-order valence-electron chi connectivity index (χ0n) is 16.6. The van der Waals surface area contributed by atoms with Gasteiger partial charge in [-0.3, -0.25) is 9.69 Å². The van der Waals surface area contributed by atoms with E-state index in [4.69, 9.17) is 9.47 Å². The minimum Gasteiger partial charge on any atom is -0.497 e. The van der Waals surface area contributed by atoms with Gasteiger partial charge < -0.3 is 19.1 Å². The van der Waals surface area contributed by atoms with Crippen LogP contribution in [0.3, 0.4) is 0 Å².